The molecule has 0 aromatic rings. The molecule has 0 rings (SSSR count). The predicted molar refractivity (Wildman–Crippen MR) is 54.0 cm³/mol. The molecule has 0 bridgehead atoms. The molecule has 0 saturated heterocycles. The van der Waals surface area contributed by atoms with Crippen molar-refractivity contribution in [1.82, 2.24) is 0 Å². The number of rotatable bonds is 6. The quantitative estimate of drug-likeness (QED) is 0.418. The van der Waals surface area contributed by atoms with E-state index in [1.165, 1.54) is 6.08 Å². The summed E-state index contributed by atoms with van der Waals surface area (Å²) in [5.41, 5.74) is -5.37. The van der Waals surface area contributed by atoms with Gasteiger partial charge >= 0.3 is 15.6 Å². The fourth-order valence-electron chi connectivity index (χ4n) is 0.945. The molecule has 0 aromatic carbocycles. The Kier molecular flexibility index (Phi) is 5.85. The molecule has 3 nitrogen and oxygen atoms in total. The van der Waals surface area contributed by atoms with Crippen molar-refractivity contribution in [3.05, 3.63) is 11.8 Å². The van der Waals surface area contributed by atoms with Gasteiger partial charge in [-0.05, 0) is 18.9 Å². The van der Waals surface area contributed by atoms with Crippen LogP contribution in [0.2, 0.25) is 0 Å². The summed E-state index contributed by atoms with van der Waals surface area (Å²) in [7, 11) is -5.52. The topological polar surface area (TPSA) is 43.4 Å². The van der Waals surface area contributed by atoms with Gasteiger partial charge in [0.2, 0.25) is 0 Å². The third-order valence-electron chi connectivity index (χ3n) is 1.71. The molecule has 0 heterocycles. The van der Waals surface area contributed by atoms with Crippen LogP contribution in [-0.2, 0) is 14.3 Å². The van der Waals surface area contributed by atoms with Gasteiger partial charge in [0.05, 0.1) is 0 Å². The molecule has 0 amide bonds. The molecule has 0 aromatic heterocycles. The first kappa shape index (κ1) is 15.3. The van der Waals surface area contributed by atoms with Gasteiger partial charge in [-0.1, -0.05) is 20.3 Å². The Hall–Kier alpha value is -0.720. The highest BCUT2D eigenvalue weighted by molar-refractivity contribution is 7.87. The molecular weight excluding hydrogens is 245 g/mol. The Morgan fingerprint density at radius 1 is 1.31 bits per heavy atom. The predicted octanol–water partition coefficient (Wildman–Crippen LogP) is 3.34. The molecular formula is C9H15F3O3S. The van der Waals surface area contributed by atoms with E-state index in [9.17, 15) is 21.6 Å². The fourth-order valence-corrected chi connectivity index (χ4v) is 1.47. The van der Waals surface area contributed by atoms with E-state index in [-0.39, 0.29) is 12.2 Å². The Balaban J connectivity index is 4.71. The van der Waals surface area contributed by atoms with Gasteiger partial charge in [0.25, 0.3) is 0 Å². The second-order valence-corrected chi connectivity index (χ2v) is 4.70. The van der Waals surface area contributed by atoms with Crippen LogP contribution in [0.4, 0.5) is 13.2 Å². The normalized spacial score (nSPS) is 13.9. The summed E-state index contributed by atoms with van der Waals surface area (Å²) in [6, 6.07) is 0. The summed E-state index contributed by atoms with van der Waals surface area (Å²) in [6.07, 6.45) is 3.29. The van der Waals surface area contributed by atoms with E-state index in [2.05, 4.69) is 4.18 Å². The molecule has 0 fully saturated rings. The lowest BCUT2D eigenvalue weighted by molar-refractivity contribution is -0.0523. The molecule has 0 N–H and O–H groups in total. The maximum atomic E-state index is 12.0. The smallest absolute Gasteiger partial charge is 0.381 e. The summed E-state index contributed by atoms with van der Waals surface area (Å²) < 4.78 is 61.5. The van der Waals surface area contributed by atoms with Crippen LogP contribution in [0, 0.1) is 0 Å². The van der Waals surface area contributed by atoms with Crippen molar-refractivity contribution >= 4 is 10.1 Å². The van der Waals surface area contributed by atoms with Crippen molar-refractivity contribution < 1.29 is 25.8 Å². The highest BCUT2D eigenvalue weighted by atomic mass is 32.2. The average Bonchev–Trinajstić information content (AvgIpc) is 2.12. The first-order chi connectivity index (χ1) is 7.24. The molecule has 0 atom stereocenters. The number of hydrogen-bond donors (Lipinski definition) is 0. The summed E-state index contributed by atoms with van der Waals surface area (Å²) in [5, 5.41) is 0. The van der Waals surface area contributed by atoms with Gasteiger partial charge < -0.3 is 4.18 Å². The molecule has 0 aliphatic carbocycles. The first-order valence-corrected chi connectivity index (χ1v) is 6.35. The summed E-state index contributed by atoms with van der Waals surface area (Å²) in [5.74, 6) is -0.137. The molecule has 0 unspecified atom stereocenters. The third-order valence-corrected chi connectivity index (χ3v) is 2.71. The SMILES string of the molecule is CC/C=C(/CCCC)OS(=O)(=O)C(F)(F)F. The first-order valence-electron chi connectivity index (χ1n) is 4.94. The highest BCUT2D eigenvalue weighted by Gasteiger charge is 2.48. The number of unbranched alkanes of at least 4 members (excludes halogenated alkanes) is 1. The van der Waals surface area contributed by atoms with Crippen molar-refractivity contribution in [2.75, 3.05) is 0 Å². The lowest BCUT2D eigenvalue weighted by atomic mass is 10.2. The van der Waals surface area contributed by atoms with Crippen molar-refractivity contribution in [1.29, 1.82) is 0 Å². The van der Waals surface area contributed by atoms with Crippen molar-refractivity contribution in [2.45, 2.75) is 45.0 Å². The van der Waals surface area contributed by atoms with Crippen molar-refractivity contribution in [2.24, 2.45) is 0 Å². The fraction of sp³-hybridized carbons (Fsp3) is 0.778. The monoisotopic (exact) mass is 260 g/mol. The molecule has 7 heteroatoms. The Labute approximate surface area is 93.4 Å². The van der Waals surface area contributed by atoms with E-state index in [1.54, 1.807) is 6.92 Å². The number of halogens is 3. The molecule has 16 heavy (non-hydrogen) atoms. The van der Waals surface area contributed by atoms with Gasteiger partial charge in [0.15, 0.2) is 0 Å². The summed E-state index contributed by atoms with van der Waals surface area (Å²) >= 11 is 0. The van der Waals surface area contributed by atoms with Gasteiger partial charge in [-0.25, -0.2) is 0 Å². The van der Waals surface area contributed by atoms with Gasteiger partial charge in [-0.3, -0.25) is 0 Å². The standard InChI is InChI=1S/C9H15F3O3S/c1-3-5-7-8(6-4-2)15-16(13,14)9(10,11)12/h6H,3-5,7H2,1-2H3/b8-6-. The van der Waals surface area contributed by atoms with Crippen molar-refractivity contribution in [3.63, 3.8) is 0 Å². The van der Waals surface area contributed by atoms with E-state index in [0.29, 0.717) is 12.8 Å². The van der Waals surface area contributed by atoms with Gasteiger partial charge in [0.1, 0.15) is 5.76 Å². The van der Waals surface area contributed by atoms with E-state index < -0.39 is 15.6 Å². The van der Waals surface area contributed by atoms with E-state index in [0.717, 1.165) is 6.42 Å². The van der Waals surface area contributed by atoms with Crippen LogP contribution in [0.1, 0.15) is 39.5 Å². The number of allylic oxidation sites excluding steroid dienone is 2. The molecule has 0 spiro atoms. The van der Waals surface area contributed by atoms with Crippen LogP contribution in [-0.4, -0.2) is 13.9 Å². The van der Waals surface area contributed by atoms with E-state index >= 15 is 0 Å². The molecule has 96 valence electrons. The zero-order valence-corrected chi connectivity index (χ0v) is 9.99. The largest absolute Gasteiger partial charge is 0.534 e. The van der Waals surface area contributed by atoms with Crippen LogP contribution >= 0.6 is 0 Å². The van der Waals surface area contributed by atoms with Gasteiger partial charge in [-0.15, -0.1) is 0 Å². The number of alkyl halides is 3. The Morgan fingerprint density at radius 3 is 2.25 bits per heavy atom. The minimum atomic E-state index is -5.52. The van der Waals surface area contributed by atoms with Crippen LogP contribution in [0.15, 0.2) is 11.8 Å². The maximum Gasteiger partial charge on any atom is 0.534 e. The Bertz CT molecular complexity index is 330. The highest BCUT2D eigenvalue weighted by Crippen LogP contribution is 2.27. The van der Waals surface area contributed by atoms with Gasteiger partial charge in [0, 0.05) is 6.42 Å². The van der Waals surface area contributed by atoms with Gasteiger partial charge in [-0.2, -0.15) is 21.6 Å². The van der Waals surface area contributed by atoms with Crippen LogP contribution in [0.3, 0.4) is 0 Å². The van der Waals surface area contributed by atoms with E-state index in [4.69, 9.17) is 0 Å². The second-order valence-electron chi connectivity index (χ2n) is 3.17. The Morgan fingerprint density at radius 2 is 1.88 bits per heavy atom. The minimum absolute atomic E-state index is 0.137. The number of hydrogen-bond acceptors (Lipinski definition) is 3. The lowest BCUT2D eigenvalue weighted by Gasteiger charge is -2.12. The zero-order valence-electron chi connectivity index (χ0n) is 9.17. The molecule has 0 saturated carbocycles. The van der Waals surface area contributed by atoms with Crippen LogP contribution < -0.4 is 0 Å². The zero-order chi connectivity index (χ0) is 12.8. The lowest BCUT2D eigenvalue weighted by Crippen LogP contribution is -2.25. The van der Waals surface area contributed by atoms with Crippen LogP contribution in [0.25, 0.3) is 0 Å². The summed E-state index contributed by atoms with van der Waals surface area (Å²) in [6.45, 7) is 3.54. The minimum Gasteiger partial charge on any atom is -0.381 e. The summed E-state index contributed by atoms with van der Waals surface area (Å²) in [4.78, 5) is 0. The van der Waals surface area contributed by atoms with E-state index in [1.807, 2.05) is 6.92 Å². The molecule has 0 radical (unpaired) electrons. The third kappa shape index (κ3) is 4.87. The van der Waals surface area contributed by atoms with Crippen molar-refractivity contribution in [3.8, 4) is 0 Å². The van der Waals surface area contributed by atoms with Crippen LogP contribution in [0.5, 0.6) is 0 Å². The average molecular weight is 260 g/mol. The molecule has 0 aliphatic rings. The molecule has 0 aliphatic heterocycles. The maximum absolute atomic E-state index is 12.0. The second kappa shape index (κ2) is 6.12.